The van der Waals surface area contributed by atoms with Crippen LogP contribution in [-0.4, -0.2) is 19.0 Å². The van der Waals surface area contributed by atoms with E-state index in [0.29, 0.717) is 12.4 Å². The van der Waals surface area contributed by atoms with Gasteiger partial charge in [-0.25, -0.2) is 0 Å². The third-order valence-electron chi connectivity index (χ3n) is 2.08. The summed E-state index contributed by atoms with van der Waals surface area (Å²) in [5.41, 5.74) is 0.982. The first kappa shape index (κ1) is 12.1. The Morgan fingerprint density at radius 3 is 2.73 bits per heavy atom. The minimum absolute atomic E-state index is 0.517. The molecule has 1 aromatic rings. The van der Waals surface area contributed by atoms with E-state index in [1.807, 2.05) is 31.2 Å². The van der Waals surface area contributed by atoms with E-state index < -0.39 is 7.32 Å². The maximum atomic E-state index is 9.41. The molecule has 0 saturated heterocycles. The summed E-state index contributed by atoms with van der Waals surface area (Å²) in [6.07, 6.45) is 1.96. The molecule has 0 aliphatic heterocycles. The van der Waals surface area contributed by atoms with E-state index in [9.17, 15) is 5.02 Å². The van der Waals surface area contributed by atoms with Gasteiger partial charge in [-0.05, 0) is 25.0 Å². The zero-order valence-electron chi connectivity index (χ0n) is 9.27. The van der Waals surface area contributed by atoms with E-state index in [1.165, 1.54) is 0 Å². The molecule has 1 rings (SSSR count). The molecule has 0 unspecified atom stereocenters. The van der Waals surface area contributed by atoms with Crippen molar-refractivity contribution in [1.29, 1.82) is 0 Å². The molecule has 0 heterocycles. The van der Waals surface area contributed by atoms with Gasteiger partial charge in [0.2, 0.25) is 0 Å². The highest BCUT2D eigenvalue weighted by molar-refractivity contribution is 6.35. The SMILES string of the molecule is CCCCOB(O)Oc1ccccc1C. The zero-order valence-corrected chi connectivity index (χ0v) is 9.27. The van der Waals surface area contributed by atoms with Crippen LogP contribution in [0.15, 0.2) is 24.3 Å². The molecule has 4 heteroatoms. The van der Waals surface area contributed by atoms with Crippen molar-refractivity contribution in [3.05, 3.63) is 29.8 Å². The number of hydrogen-bond donors (Lipinski definition) is 1. The lowest BCUT2D eigenvalue weighted by molar-refractivity contribution is 0.190. The molecule has 0 aliphatic rings. The third kappa shape index (κ3) is 4.36. The molecular weight excluding hydrogens is 191 g/mol. The standard InChI is InChI=1S/C11H17BO3/c1-3-4-9-14-12(13)15-11-8-6-5-7-10(11)2/h5-8,13H,3-4,9H2,1-2H3. The number of aryl methyl sites for hydroxylation is 1. The van der Waals surface area contributed by atoms with Gasteiger partial charge in [-0.15, -0.1) is 0 Å². The van der Waals surface area contributed by atoms with Gasteiger partial charge in [0.05, 0.1) is 0 Å². The van der Waals surface area contributed by atoms with Crippen LogP contribution in [0, 0.1) is 6.92 Å². The molecule has 1 N–H and O–H groups in total. The smallest absolute Gasteiger partial charge is 0.512 e. The van der Waals surface area contributed by atoms with E-state index in [2.05, 4.69) is 6.92 Å². The summed E-state index contributed by atoms with van der Waals surface area (Å²) < 4.78 is 10.3. The zero-order chi connectivity index (χ0) is 11.1. The Morgan fingerprint density at radius 2 is 2.07 bits per heavy atom. The first-order chi connectivity index (χ1) is 7.24. The molecule has 0 bridgehead atoms. The fourth-order valence-corrected chi connectivity index (χ4v) is 1.16. The number of rotatable bonds is 6. The largest absolute Gasteiger partial charge is 0.710 e. The molecule has 0 aromatic heterocycles. The summed E-state index contributed by atoms with van der Waals surface area (Å²) in [7, 11) is -1.17. The molecule has 1 aromatic carbocycles. The van der Waals surface area contributed by atoms with Crippen LogP contribution in [0.1, 0.15) is 25.3 Å². The monoisotopic (exact) mass is 208 g/mol. The molecule has 0 aliphatic carbocycles. The Morgan fingerprint density at radius 1 is 1.33 bits per heavy atom. The molecule has 0 fully saturated rings. The van der Waals surface area contributed by atoms with Gasteiger partial charge in [-0.2, -0.15) is 0 Å². The number of benzene rings is 1. The molecule has 0 spiro atoms. The minimum Gasteiger partial charge on any atom is -0.512 e. The van der Waals surface area contributed by atoms with E-state index in [-0.39, 0.29) is 0 Å². The first-order valence-electron chi connectivity index (χ1n) is 5.26. The first-order valence-corrected chi connectivity index (χ1v) is 5.26. The molecule has 0 saturated carbocycles. The molecule has 3 nitrogen and oxygen atoms in total. The van der Waals surface area contributed by atoms with Crippen LogP contribution in [0.2, 0.25) is 0 Å². The quantitative estimate of drug-likeness (QED) is 0.575. The lowest BCUT2D eigenvalue weighted by atomic mass is 10.2. The third-order valence-corrected chi connectivity index (χ3v) is 2.08. The van der Waals surface area contributed by atoms with Crippen molar-refractivity contribution < 1.29 is 14.3 Å². The number of hydrogen-bond acceptors (Lipinski definition) is 3. The highest BCUT2D eigenvalue weighted by atomic mass is 16.7. The second-order valence-corrected chi connectivity index (χ2v) is 3.41. The van der Waals surface area contributed by atoms with Gasteiger partial charge in [-0.1, -0.05) is 31.5 Å². The lowest BCUT2D eigenvalue weighted by Crippen LogP contribution is -2.26. The van der Waals surface area contributed by atoms with Gasteiger partial charge in [0.1, 0.15) is 5.75 Å². The summed E-state index contributed by atoms with van der Waals surface area (Å²) in [5, 5.41) is 9.41. The summed E-state index contributed by atoms with van der Waals surface area (Å²) in [6, 6.07) is 7.52. The van der Waals surface area contributed by atoms with Crippen molar-refractivity contribution in [3.63, 3.8) is 0 Å². The summed E-state index contributed by atoms with van der Waals surface area (Å²) in [4.78, 5) is 0. The fraction of sp³-hybridized carbons (Fsp3) is 0.455. The molecule has 0 amide bonds. The van der Waals surface area contributed by atoms with E-state index >= 15 is 0 Å². The van der Waals surface area contributed by atoms with Crippen molar-refractivity contribution in [2.45, 2.75) is 26.7 Å². The van der Waals surface area contributed by atoms with Crippen molar-refractivity contribution in [1.82, 2.24) is 0 Å². The number of unbranched alkanes of at least 4 members (excludes halogenated alkanes) is 1. The van der Waals surface area contributed by atoms with Crippen molar-refractivity contribution in [2.24, 2.45) is 0 Å². The van der Waals surface area contributed by atoms with Crippen LogP contribution in [0.4, 0.5) is 0 Å². The summed E-state index contributed by atoms with van der Waals surface area (Å²) in [6.45, 7) is 4.51. The molecular formula is C11H17BO3. The second-order valence-electron chi connectivity index (χ2n) is 3.41. The Bertz CT molecular complexity index is 291. The minimum atomic E-state index is -1.17. The topological polar surface area (TPSA) is 38.7 Å². The van der Waals surface area contributed by atoms with Crippen molar-refractivity contribution >= 4 is 7.32 Å². The van der Waals surface area contributed by atoms with Crippen molar-refractivity contribution in [3.8, 4) is 5.75 Å². The van der Waals surface area contributed by atoms with Crippen LogP contribution < -0.4 is 4.65 Å². The van der Waals surface area contributed by atoms with Crippen LogP contribution in [-0.2, 0) is 4.65 Å². The van der Waals surface area contributed by atoms with Gasteiger partial charge in [0.15, 0.2) is 0 Å². The van der Waals surface area contributed by atoms with Crippen LogP contribution in [0.5, 0.6) is 5.75 Å². The van der Waals surface area contributed by atoms with Crippen molar-refractivity contribution in [2.75, 3.05) is 6.61 Å². The van der Waals surface area contributed by atoms with Crippen LogP contribution in [0.25, 0.3) is 0 Å². The van der Waals surface area contributed by atoms with Gasteiger partial charge < -0.3 is 14.3 Å². The summed E-state index contributed by atoms with van der Waals surface area (Å²) in [5.74, 6) is 0.654. The number of para-hydroxylation sites is 1. The Balaban J connectivity index is 2.37. The van der Waals surface area contributed by atoms with E-state index in [1.54, 1.807) is 0 Å². The predicted molar refractivity (Wildman–Crippen MR) is 60.6 cm³/mol. The van der Waals surface area contributed by atoms with Gasteiger partial charge in [-0.3, -0.25) is 0 Å². The Hall–Kier alpha value is -0.995. The van der Waals surface area contributed by atoms with Crippen LogP contribution >= 0.6 is 0 Å². The van der Waals surface area contributed by atoms with E-state index in [4.69, 9.17) is 9.31 Å². The fourth-order valence-electron chi connectivity index (χ4n) is 1.16. The van der Waals surface area contributed by atoms with Gasteiger partial charge in [0.25, 0.3) is 0 Å². The highest BCUT2D eigenvalue weighted by Crippen LogP contribution is 2.16. The maximum absolute atomic E-state index is 9.41. The van der Waals surface area contributed by atoms with Gasteiger partial charge >= 0.3 is 7.32 Å². The second kappa shape index (κ2) is 6.48. The Labute approximate surface area is 91.2 Å². The Kier molecular flexibility index (Phi) is 5.22. The van der Waals surface area contributed by atoms with Gasteiger partial charge in [0, 0.05) is 6.61 Å². The maximum Gasteiger partial charge on any atom is 0.710 e. The average molecular weight is 208 g/mol. The van der Waals surface area contributed by atoms with Crippen LogP contribution in [0.3, 0.4) is 0 Å². The lowest BCUT2D eigenvalue weighted by Gasteiger charge is -2.11. The van der Waals surface area contributed by atoms with E-state index in [0.717, 1.165) is 18.4 Å². The molecule has 15 heavy (non-hydrogen) atoms. The summed E-state index contributed by atoms with van der Waals surface area (Å²) >= 11 is 0. The molecule has 82 valence electrons. The predicted octanol–water partition coefficient (Wildman–Crippen LogP) is 2.17. The highest BCUT2D eigenvalue weighted by Gasteiger charge is 2.18. The molecule has 0 atom stereocenters. The normalized spacial score (nSPS) is 10.1. The average Bonchev–Trinajstić information content (AvgIpc) is 2.22. The molecule has 0 radical (unpaired) electrons.